The SMILES string of the molecule is CC1CN(C(=O)c2cc(Cl)c(N)c(Cl)c2)CCCO1. The van der Waals surface area contributed by atoms with Crippen LogP contribution in [0.15, 0.2) is 12.1 Å². The van der Waals surface area contributed by atoms with E-state index in [2.05, 4.69) is 0 Å². The Labute approximate surface area is 122 Å². The Kier molecular flexibility index (Phi) is 4.55. The molecule has 0 aromatic heterocycles. The fourth-order valence-corrected chi connectivity index (χ4v) is 2.56. The van der Waals surface area contributed by atoms with Crippen LogP contribution in [-0.2, 0) is 4.74 Å². The van der Waals surface area contributed by atoms with E-state index >= 15 is 0 Å². The molecular weight excluding hydrogens is 287 g/mol. The van der Waals surface area contributed by atoms with Gasteiger partial charge in [-0.05, 0) is 25.5 Å². The molecule has 1 fully saturated rings. The van der Waals surface area contributed by atoms with Crippen molar-refractivity contribution in [2.24, 2.45) is 0 Å². The Morgan fingerprint density at radius 3 is 2.68 bits per heavy atom. The van der Waals surface area contributed by atoms with Gasteiger partial charge in [0.1, 0.15) is 0 Å². The molecule has 104 valence electrons. The fourth-order valence-electron chi connectivity index (χ4n) is 2.07. The van der Waals surface area contributed by atoms with Crippen LogP contribution in [0.5, 0.6) is 0 Å². The van der Waals surface area contributed by atoms with E-state index in [-0.39, 0.29) is 12.0 Å². The predicted octanol–water partition coefficient (Wildman–Crippen LogP) is 2.83. The third-order valence-corrected chi connectivity index (χ3v) is 3.69. The maximum absolute atomic E-state index is 12.4. The Bertz CT molecular complexity index is 471. The summed E-state index contributed by atoms with van der Waals surface area (Å²) in [5.74, 6) is -0.0962. The van der Waals surface area contributed by atoms with E-state index < -0.39 is 0 Å². The number of ether oxygens (including phenoxy) is 1. The highest BCUT2D eigenvalue weighted by molar-refractivity contribution is 6.39. The first-order valence-electron chi connectivity index (χ1n) is 6.14. The average molecular weight is 303 g/mol. The molecule has 4 nitrogen and oxygen atoms in total. The Hall–Kier alpha value is -0.970. The number of rotatable bonds is 1. The lowest BCUT2D eigenvalue weighted by Gasteiger charge is -2.22. The number of anilines is 1. The van der Waals surface area contributed by atoms with Gasteiger partial charge in [0.2, 0.25) is 0 Å². The monoisotopic (exact) mass is 302 g/mol. The highest BCUT2D eigenvalue weighted by Crippen LogP contribution is 2.29. The summed E-state index contributed by atoms with van der Waals surface area (Å²) in [5, 5.41) is 0.602. The zero-order valence-electron chi connectivity index (χ0n) is 10.7. The van der Waals surface area contributed by atoms with Crippen LogP contribution in [-0.4, -0.2) is 36.6 Å². The summed E-state index contributed by atoms with van der Waals surface area (Å²) >= 11 is 11.9. The maximum Gasteiger partial charge on any atom is 0.254 e. The second kappa shape index (κ2) is 5.99. The summed E-state index contributed by atoms with van der Waals surface area (Å²) in [4.78, 5) is 14.2. The van der Waals surface area contributed by atoms with Crippen molar-refractivity contribution in [2.75, 3.05) is 25.4 Å². The van der Waals surface area contributed by atoms with Gasteiger partial charge < -0.3 is 15.4 Å². The number of carbonyl (C=O) groups excluding carboxylic acids is 1. The molecule has 0 saturated carbocycles. The Balaban J connectivity index is 2.23. The van der Waals surface area contributed by atoms with E-state index in [0.717, 1.165) is 6.42 Å². The predicted molar refractivity (Wildman–Crippen MR) is 76.8 cm³/mol. The van der Waals surface area contributed by atoms with E-state index in [1.807, 2.05) is 6.92 Å². The highest BCUT2D eigenvalue weighted by Gasteiger charge is 2.22. The molecule has 0 bridgehead atoms. The van der Waals surface area contributed by atoms with Crippen LogP contribution in [0.3, 0.4) is 0 Å². The largest absolute Gasteiger partial charge is 0.396 e. The lowest BCUT2D eigenvalue weighted by atomic mass is 10.1. The second-order valence-electron chi connectivity index (χ2n) is 4.64. The van der Waals surface area contributed by atoms with Crippen molar-refractivity contribution in [1.29, 1.82) is 0 Å². The standard InChI is InChI=1S/C13H16Cl2N2O2/c1-8-7-17(3-2-4-19-8)13(18)9-5-10(14)12(16)11(15)6-9/h5-6,8H,2-4,7,16H2,1H3. The number of halogens is 2. The number of hydrogen-bond donors (Lipinski definition) is 1. The molecule has 6 heteroatoms. The van der Waals surface area contributed by atoms with Gasteiger partial charge in [-0.25, -0.2) is 0 Å². The highest BCUT2D eigenvalue weighted by atomic mass is 35.5. The van der Waals surface area contributed by atoms with Gasteiger partial charge in [-0.3, -0.25) is 4.79 Å². The number of nitrogens with two attached hydrogens (primary N) is 1. The molecule has 1 unspecified atom stereocenters. The fraction of sp³-hybridized carbons (Fsp3) is 0.462. The van der Waals surface area contributed by atoms with Crippen LogP contribution in [0.1, 0.15) is 23.7 Å². The van der Waals surface area contributed by atoms with Crippen molar-refractivity contribution in [2.45, 2.75) is 19.4 Å². The quantitative estimate of drug-likeness (QED) is 0.812. The van der Waals surface area contributed by atoms with Gasteiger partial charge >= 0.3 is 0 Å². The van der Waals surface area contributed by atoms with Gasteiger partial charge in [-0.1, -0.05) is 23.2 Å². The normalized spacial score (nSPS) is 20.2. The first-order valence-corrected chi connectivity index (χ1v) is 6.90. The van der Waals surface area contributed by atoms with Crippen molar-refractivity contribution in [1.82, 2.24) is 4.90 Å². The summed E-state index contributed by atoms with van der Waals surface area (Å²) in [6, 6.07) is 3.11. The molecule has 1 saturated heterocycles. The van der Waals surface area contributed by atoms with Gasteiger partial charge in [0.15, 0.2) is 0 Å². The van der Waals surface area contributed by atoms with Gasteiger partial charge in [-0.15, -0.1) is 0 Å². The van der Waals surface area contributed by atoms with E-state index in [9.17, 15) is 4.79 Å². The Morgan fingerprint density at radius 2 is 2.05 bits per heavy atom. The van der Waals surface area contributed by atoms with Crippen LogP contribution in [0.25, 0.3) is 0 Å². The first kappa shape index (κ1) is 14.4. The number of carbonyl (C=O) groups is 1. The molecule has 0 aliphatic carbocycles. The van der Waals surface area contributed by atoms with E-state index in [0.29, 0.717) is 41.0 Å². The van der Waals surface area contributed by atoms with Gasteiger partial charge in [0.25, 0.3) is 5.91 Å². The van der Waals surface area contributed by atoms with Gasteiger partial charge in [-0.2, -0.15) is 0 Å². The molecule has 1 aliphatic rings. The van der Waals surface area contributed by atoms with E-state index in [1.54, 1.807) is 17.0 Å². The molecule has 2 N–H and O–H groups in total. The van der Waals surface area contributed by atoms with Gasteiger partial charge in [0, 0.05) is 25.3 Å². The Morgan fingerprint density at radius 1 is 1.42 bits per heavy atom. The van der Waals surface area contributed by atoms with Crippen LogP contribution in [0.4, 0.5) is 5.69 Å². The van der Waals surface area contributed by atoms with Crippen molar-refractivity contribution in [3.05, 3.63) is 27.7 Å². The average Bonchev–Trinajstić information content (AvgIpc) is 2.59. The zero-order chi connectivity index (χ0) is 14.0. The van der Waals surface area contributed by atoms with Crippen molar-refractivity contribution >= 4 is 34.8 Å². The maximum atomic E-state index is 12.4. The summed E-state index contributed by atoms with van der Waals surface area (Å²) < 4.78 is 5.52. The number of benzene rings is 1. The molecule has 1 aromatic rings. The van der Waals surface area contributed by atoms with Gasteiger partial charge in [0.05, 0.1) is 21.8 Å². The molecule has 1 atom stereocenters. The summed E-state index contributed by atoms with van der Waals surface area (Å²) in [6.45, 7) is 3.87. The third-order valence-electron chi connectivity index (χ3n) is 3.07. The van der Waals surface area contributed by atoms with Crippen LogP contribution >= 0.6 is 23.2 Å². The molecule has 0 spiro atoms. The third kappa shape index (κ3) is 3.32. The van der Waals surface area contributed by atoms with E-state index in [1.165, 1.54) is 0 Å². The topological polar surface area (TPSA) is 55.6 Å². The molecule has 19 heavy (non-hydrogen) atoms. The lowest BCUT2D eigenvalue weighted by molar-refractivity contribution is 0.0563. The number of amides is 1. The molecule has 1 amide bonds. The minimum absolute atomic E-state index is 0.0335. The first-order chi connectivity index (χ1) is 8.99. The minimum atomic E-state index is -0.0962. The smallest absolute Gasteiger partial charge is 0.254 e. The van der Waals surface area contributed by atoms with Crippen LogP contribution < -0.4 is 5.73 Å². The van der Waals surface area contributed by atoms with Crippen molar-refractivity contribution in [3.63, 3.8) is 0 Å². The molecule has 2 rings (SSSR count). The summed E-state index contributed by atoms with van der Waals surface area (Å²) in [6.07, 6.45) is 0.859. The molecule has 1 aromatic carbocycles. The number of nitrogens with zero attached hydrogens (tertiary/aromatic N) is 1. The molecule has 1 aliphatic heterocycles. The molecular formula is C13H16Cl2N2O2. The summed E-state index contributed by atoms with van der Waals surface area (Å²) in [7, 11) is 0. The zero-order valence-corrected chi connectivity index (χ0v) is 12.2. The molecule has 1 heterocycles. The van der Waals surface area contributed by atoms with Crippen LogP contribution in [0.2, 0.25) is 10.0 Å². The van der Waals surface area contributed by atoms with Crippen LogP contribution in [0, 0.1) is 0 Å². The van der Waals surface area contributed by atoms with Crippen molar-refractivity contribution in [3.8, 4) is 0 Å². The second-order valence-corrected chi connectivity index (χ2v) is 5.45. The van der Waals surface area contributed by atoms with Crippen molar-refractivity contribution < 1.29 is 9.53 Å². The lowest BCUT2D eigenvalue weighted by Crippen LogP contribution is -2.35. The molecule has 0 radical (unpaired) electrons. The number of hydrogen-bond acceptors (Lipinski definition) is 3. The summed E-state index contributed by atoms with van der Waals surface area (Å²) in [5.41, 5.74) is 6.42. The minimum Gasteiger partial charge on any atom is -0.396 e. The number of nitrogen functional groups attached to an aromatic ring is 1. The van der Waals surface area contributed by atoms with E-state index in [4.69, 9.17) is 33.7 Å².